The van der Waals surface area contributed by atoms with E-state index in [0.717, 1.165) is 27.4 Å². The largest absolute Gasteiger partial charge is 0.279 e. The van der Waals surface area contributed by atoms with Crippen LogP contribution < -0.4 is 4.72 Å². The Morgan fingerprint density at radius 1 is 1.00 bits per heavy atom. The first-order chi connectivity index (χ1) is 10.9. The zero-order valence-electron chi connectivity index (χ0n) is 11.6. The van der Waals surface area contributed by atoms with E-state index in [1.54, 1.807) is 12.1 Å². The normalized spacial score (nSPS) is 11.6. The molecule has 7 heteroatoms. The third kappa shape index (κ3) is 3.20. The first kappa shape index (κ1) is 16.2. The predicted molar refractivity (Wildman–Crippen MR) is 93.9 cm³/mol. The van der Waals surface area contributed by atoms with Crippen molar-refractivity contribution < 1.29 is 12.8 Å². The van der Waals surface area contributed by atoms with Gasteiger partial charge in [-0.1, -0.05) is 51.8 Å². The Hall–Kier alpha value is -1.63. The van der Waals surface area contributed by atoms with Crippen molar-refractivity contribution in [2.24, 2.45) is 0 Å². The standard InChI is InChI=1S/C16H10BrClFNO2S/c17-13-6-8-16(12-4-2-1-3-11(12)13)20-23(21,22)10-5-7-15(19)14(18)9-10/h1-9,20H. The first-order valence-electron chi connectivity index (χ1n) is 6.53. The molecule has 0 aromatic heterocycles. The summed E-state index contributed by atoms with van der Waals surface area (Å²) in [6.45, 7) is 0. The van der Waals surface area contributed by atoms with Gasteiger partial charge in [-0.15, -0.1) is 0 Å². The van der Waals surface area contributed by atoms with E-state index < -0.39 is 15.8 Å². The quantitative estimate of drug-likeness (QED) is 0.640. The topological polar surface area (TPSA) is 46.2 Å². The number of rotatable bonds is 3. The number of benzene rings is 3. The molecular formula is C16H10BrClFNO2S. The molecule has 3 rings (SSSR count). The van der Waals surface area contributed by atoms with Gasteiger partial charge >= 0.3 is 0 Å². The van der Waals surface area contributed by atoms with Crippen molar-refractivity contribution in [3.63, 3.8) is 0 Å². The molecule has 0 unspecified atom stereocenters. The highest BCUT2D eigenvalue weighted by Crippen LogP contribution is 2.31. The molecule has 0 amide bonds. The molecule has 0 saturated carbocycles. The van der Waals surface area contributed by atoms with Gasteiger partial charge in [0.05, 0.1) is 15.6 Å². The molecule has 23 heavy (non-hydrogen) atoms. The summed E-state index contributed by atoms with van der Waals surface area (Å²) >= 11 is 9.10. The Balaban J connectivity index is 2.07. The minimum atomic E-state index is -3.87. The molecule has 0 fully saturated rings. The monoisotopic (exact) mass is 413 g/mol. The number of hydrogen-bond acceptors (Lipinski definition) is 2. The van der Waals surface area contributed by atoms with E-state index in [-0.39, 0.29) is 9.92 Å². The van der Waals surface area contributed by atoms with E-state index in [4.69, 9.17) is 11.6 Å². The molecule has 3 aromatic rings. The molecule has 0 aliphatic rings. The van der Waals surface area contributed by atoms with Gasteiger partial charge in [-0.25, -0.2) is 12.8 Å². The highest BCUT2D eigenvalue weighted by molar-refractivity contribution is 9.10. The zero-order valence-corrected chi connectivity index (χ0v) is 14.7. The Morgan fingerprint density at radius 3 is 2.39 bits per heavy atom. The van der Waals surface area contributed by atoms with Gasteiger partial charge in [0.25, 0.3) is 10.0 Å². The van der Waals surface area contributed by atoms with Crippen LogP contribution in [0.4, 0.5) is 10.1 Å². The molecule has 0 aliphatic carbocycles. The molecule has 3 aromatic carbocycles. The fourth-order valence-electron chi connectivity index (χ4n) is 2.20. The summed E-state index contributed by atoms with van der Waals surface area (Å²) < 4.78 is 41.6. The SMILES string of the molecule is O=S(=O)(Nc1ccc(Br)c2ccccc12)c1ccc(F)c(Cl)c1. The summed E-state index contributed by atoms with van der Waals surface area (Å²) in [6.07, 6.45) is 0. The highest BCUT2D eigenvalue weighted by Gasteiger charge is 2.17. The van der Waals surface area contributed by atoms with Crippen LogP contribution in [0.2, 0.25) is 5.02 Å². The second-order valence-electron chi connectivity index (χ2n) is 4.82. The van der Waals surface area contributed by atoms with Gasteiger partial charge < -0.3 is 0 Å². The van der Waals surface area contributed by atoms with Crippen LogP contribution in [-0.4, -0.2) is 8.42 Å². The van der Waals surface area contributed by atoms with Gasteiger partial charge in [0, 0.05) is 9.86 Å². The third-order valence-corrected chi connectivity index (χ3v) is 5.66. The highest BCUT2D eigenvalue weighted by atomic mass is 79.9. The maximum absolute atomic E-state index is 13.2. The van der Waals surface area contributed by atoms with Crippen LogP contribution >= 0.6 is 27.5 Å². The molecule has 0 atom stereocenters. The van der Waals surface area contributed by atoms with Crippen molar-refractivity contribution >= 4 is 54.0 Å². The number of halogens is 3. The van der Waals surface area contributed by atoms with Crippen LogP contribution in [0, 0.1) is 5.82 Å². The molecule has 118 valence electrons. The minimum absolute atomic E-state index is 0.101. The summed E-state index contributed by atoms with van der Waals surface area (Å²) in [7, 11) is -3.87. The summed E-state index contributed by atoms with van der Waals surface area (Å²) in [4.78, 5) is -0.101. The van der Waals surface area contributed by atoms with Crippen LogP contribution in [0.3, 0.4) is 0 Å². The average Bonchev–Trinajstić information content (AvgIpc) is 2.53. The van der Waals surface area contributed by atoms with Gasteiger partial charge in [0.2, 0.25) is 0 Å². The van der Waals surface area contributed by atoms with Gasteiger partial charge in [0.1, 0.15) is 5.82 Å². The minimum Gasteiger partial charge on any atom is -0.279 e. The molecule has 0 radical (unpaired) electrons. The van der Waals surface area contributed by atoms with E-state index in [0.29, 0.717) is 5.69 Å². The lowest BCUT2D eigenvalue weighted by atomic mass is 10.1. The average molecular weight is 415 g/mol. The summed E-state index contributed by atoms with van der Waals surface area (Å²) in [5.41, 5.74) is 0.434. The van der Waals surface area contributed by atoms with Crippen molar-refractivity contribution in [1.29, 1.82) is 0 Å². The second kappa shape index (κ2) is 6.11. The Morgan fingerprint density at radius 2 is 1.70 bits per heavy atom. The molecule has 0 aliphatic heterocycles. The van der Waals surface area contributed by atoms with E-state index >= 15 is 0 Å². The molecule has 3 nitrogen and oxygen atoms in total. The number of anilines is 1. The van der Waals surface area contributed by atoms with Crippen molar-refractivity contribution in [2.45, 2.75) is 4.90 Å². The molecule has 0 saturated heterocycles. The molecular weight excluding hydrogens is 405 g/mol. The van der Waals surface area contributed by atoms with Crippen LogP contribution in [0.1, 0.15) is 0 Å². The fraction of sp³-hybridized carbons (Fsp3) is 0. The number of sulfonamides is 1. The second-order valence-corrected chi connectivity index (χ2v) is 7.77. The molecule has 0 heterocycles. The van der Waals surface area contributed by atoms with Gasteiger partial charge in [-0.3, -0.25) is 4.72 Å². The van der Waals surface area contributed by atoms with Crippen molar-refractivity contribution in [3.05, 3.63) is 69.9 Å². The molecule has 0 bridgehead atoms. The van der Waals surface area contributed by atoms with Crippen molar-refractivity contribution in [1.82, 2.24) is 0 Å². The Labute approximate surface area is 146 Å². The lowest BCUT2D eigenvalue weighted by Crippen LogP contribution is -2.13. The zero-order chi connectivity index (χ0) is 16.6. The van der Waals surface area contributed by atoms with Crippen LogP contribution in [0.25, 0.3) is 10.8 Å². The first-order valence-corrected chi connectivity index (χ1v) is 9.19. The molecule has 0 spiro atoms. The number of fused-ring (bicyclic) bond motifs is 1. The Bertz CT molecular complexity index is 1010. The lowest BCUT2D eigenvalue weighted by molar-refractivity contribution is 0.600. The summed E-state index contributed by atoms with van der Waals surface area (Å²) in [5.74, 6) is -0.667. The number of nitrogens with one attached hydrogen (secondary N) is 1. The van der Waals surface area contributed by atoms with Crippen LogP contribution in [0.5, 0.6) is 0 Å². The number of hydrogen-bond donors (Lipinski definition) is 1. The Kier molecular flexibility index (Phi) is 4.31. The van der Waals surface area contributed by atoms with E-state index in [9.17, 15) is 12.8 Å². The van der Waals surface area contributed by atoms with Crippen molar-refractivity contribution in [2.75, 3.05) is 4.72 Å². The maximum Gasteiger partial charge on any atom is 0.261 e. The van der Waals surface area contributed by atoms with Crippen LogP contribution in [-0.2, 0) is 10.0 Å². The summed E-state index contributed by atoms with van der Waals surface area (Å²) in [5, 5.41) is 1.39. The van der Waals surface area contributed by atoms with E-state index in [2.05, 4.69) is 20.7 Å². The van der Waals surface area contributed by atoms with Gasteiger partial charge in [-0.2, -0.15) is 0 Å². The fourth-order valence-corrected chi connectivity index (χ4v) is 4.03. The van der Waals surface area contributed by atoms with Gasteiger partial charge in [-0.05, 0) is 35.7 Å². The lowest BCUT2D eigenvalue weighted by Gasteiger charge is -2.12. The van der Waals surface area contributed by atoms with E-state index in [1.165, 1.54) is 6.07 Å². The third-order valence-electron chi connectivity index (χ3n) is 3.32. The van der Waals surface area contributed by atoms with Crippen molar-refractivity contribution in [3.8, 4) is 0 Å². The molecule has 1 N–H and O–H groups in total. The predicted octanol–water partition coefficient (Wildman–Crippen LogP) is 5.20. The van der Waals surface area contributed by atoms with Crippen LogP contribution in [0.15, 0.2) is 64.0 Å². The summed E-state index contributed by atoms with van der Waals surface area (Å²) in [6, 6.07) is 14.1. The maximum atomic E-state index is 13.2. The van der Waals surface area contributed by atoms with E-state index in [1.807, 2.05) is 24.3 Å². The van der Waals surface area contributed by atoms with Gasteiger partial charge in [0.15, 0.2) is 0 Å². The smallest absolute Gasteiger partial charge is 0.261 e.